The lowest BCUT2D eigenvalue weighted by Crippen LogP contribution is -2.37. The van der Waals surface area contributed by atoms with Gasteiger partial charge in [0.05, 0.1) is 17.7 Å². The van der Waals surface area contributed by atoms with E-state index in [1.54, 1.807) is 0 Å². The molecule has 3 heteroatoms. The summed E-state index contributed by atoms with van der Waals surface area (Å²) in [5.74, 6) is -0.00427. The molecular formula is C24H28N2O. The molecule has 2 aliphatic rings. The molecule has 0 radical (unpaired) electrons. The van der Waals surface area contributed by atoms with Gasteiger partial charge < -0.3 is 0 Å². The highest BCUT2D eigenvalue weighted by molar-refractivity contribution is 6.16. The Morgan fingerprint density at radius 3 is 2.11 bits per heavy atom. The number of rotatable bonds is 4. The predicted molar refractivity (Wildman–Crippen MR) is 110 cm³/mol. The highest BCUT2D eigenvalue weighted by atomic mass is 16.2. The van der Waals surface area contributed by atoms with Crippen molar-refractivity contribution < 1.29 is 4.79 Å². The predicted octanol–water partition coefficient (Wildman–Crippen LogP) is 5.04. The second-order valence-electron chi connectivity index (χ2n) is 8.07. The van der Waals surface area contributed by atoms with Gasteiger partial charge in [-0.1, -0.05) is 78.9 Å². The minimum absolute atomic E-state index is 0.179. The van der Waals surface area contributed by atoms with Gasteiger partial charge in [0.25, 0.3) is 5.91 Å². The van der Waals surface area contributed by atoms with Crippen LogP contribution in [0.25, 0.3) is 0 Å². The van der Waals surface area contributed by atoms with Crippen molar-refractivity contribution >= 4 is 11.6 Å². The van der Waals surface area contributed by atoms with Crippen LogP contribution in [-0.2, 0) is 11.2 Å². The minimum atomic E-state index is -0.183. The van der Waals surface area contributed by atoms with E-state index in [1.807, 2.05) is 5.01 Å². The summed E-state index contributed by atoms with van der Waals surface area (Å²) in [6.07, 6.45) is 6.55. The van der Waals surface area contributed by atoms with Gasteiger partial charge in [-0.05, 0) is 44.2 Å². The molecule has 1 unspecified atom stereocenters. The Hall–Kier alpha value is -2.42. The number of carbonyl (C=O) groups is 1. The van der Waals surface area contributed by atoms with Crippen LogP contribution in [0.15, 0.2) is 53.6 Å². The summed E-state index contributed by atoms with van der Waals surface area (Å²) in [5.41, 5.74) is 5.68. The van der Waals surface area contributed by atoms with Crippen LogP contribution < -0.4 is 0 Å². The molecule has 1 heterocycles. The first-order valence-electron chi connectivity index (χ1n) is 10.2. The van der Waals surface area contributed by atoms with E-state index in [0.29, 0.717) is 0 Å². The van der Waals surface area contributed by atoms with E-state index in [4.69, 9.17) is 5.10 Å². The SMILES string of the molecule is Cc1ccc(CC2C(=O)N(C3CCCCC3)N=C2c2ccc(C)cc2)cc1. The molecule has 1 atom stereocenters. The summed E-state index contributed by atoms with van der Waals surface area (Å²) < 4.78 is 0. The van der Waals surface area contributed by atoms with Crippen molar-refractivity contribution in [3.63, 3.8) is 0 Å². The van der Waals surface area contributed by atoms with Crippen LogP contribution in [0.5, 0.6) is 0 Å². The molecule has 0 N–H and O–H groups in total. The van der Waals surface area contributed by atoms with Gasteiger partial charge in [0, 0.05) is 0 Å². The van der Waals surface area contributed by atoms with E-state index in [9.17, 15) is 4.79 Å². The molecule has 27 heavy (non-hydrogen) atoms. The summed E-state index contributed by atoms with van der Waals surface area (Å²) in [6.45, 7) is 4.18. The second kappa shape index (κ2) is 7.67. The summed E-state index contributed by atoms with van der Waals surface area (Å²) in [7, 11) is 0. The molecule has 0 spiro atoms. The van der Waals surface area contributed by atoms with E-state index in [2.05, 4.69) is 62.4 Å². The Morgan fingerprint density at radius 1 is 0.889 bits per heavy atom. The standard InChI is InChI=1S/C24H28N2O/c1-17-8-12-19(13-9-17)16-22-23(20-14-10-18(2)11-15-20)25-26(24(22)27)21-6-4-3-5-7-21/h8-15,21-22H,3-7,16H2,1-2H3. The number of hydrogen-bond acceptors (Lipinski definition) is 2. The summed E-state index contributed by atoms with van der Waals surface area (Å²) >= 11 is 0. The molecule has 1 saturated carbocycles. The number of amides is 1. The first-order valence-corrected chi connectivity index (χ1v) is 10.2. The fourth-order valence-corrected chi connectivity index (χ4v) is 4.23. The largest absolute Gasteiger partial charge is 0.272 e. The van der Waals surface area contributed by atoms with Crippen molar-refractivity contribution in [2.75, 3.05) is 0 Å². The number of aryl methyl sites for hydroxylation is 2. The van der Waals surface area contributed by atoms with Gasteiger partial charge >= 0.3 is 0 Å². The fourth-order valence-electron chi connectivity index (χ4n) is 4.23. The third kappa shape index (κ3) is 3.83. The Kier molecular flexibility index (Phi) is 5.11. The average molecular weight is 361 g/mol. The van der Waals surface area contributed by atoms with Gasteiger partial charge in [-0.25, -0.2) is 5.01 Å². The van der Waals surface area contributed by atoms with Gasteiger partial charge in [-0.2, -0.15) is 5.10 Å². The molecule has 0 aromatic heterocycles. The van der Waals surface area contributed by atoms with Gasteiger partial charge in [-0.3, -0.25) is 4.79 Å². The lowest BCUT2D eigenvalue weighted by atomic mass is 9.89. The Labute approximate surface area is 162 Å². The quantitative estimate of drug-likeness (QED) is 0.752. The third-order valence-corrected chi connectivity index (χ3v) is 5.90. The zero-order valence-electron chi connectivity index (χ0n) is 16.3. The number of carbonyl (C=O) groups excluding carboxylic acids is 1. The Balaban J connectivity index is 1.65. The molecule has 0 bridgehead atoms. The molecule has 2 aromatic rings. The zero-order chi connectivity index (χ0) is 18.8. The van der Waals surface area contributed by atoms with Crippen LogP contribution in [-0.4, -0.2) is 22.7 Å². The van der Waals surface area contributed by atoms with E-state index in [1.165, 1.54) is 36.0 Å². The summed E-state index contributed by atoms with van der Waals surface area (Å²) in [6, 6.07) is 17.2. The van der Waals surface area contributed by atoms with Gasteiger partial charge in [0.2, 0.25) is 0 Å². The molecule has 0 saturated heterocycles. The maximum atomic E-state index is 13.3. The molecule has 1 aliphatic carbocycles. The first-order chi connectivity index (χ1) is 13.1. The average Bonchev–Trinajstić information content (AvgIpc) is 3.01. The maximum absolute atomic E-state index is 13.3. The Morgan fingerprint density at radius 2 is 1.48 bits per heavy atom. The lowest BCUT2D eigenvalue weighted by molar-refractivity contribution is -0.134. The van der Waals surface area contributed by atoms with Gasteiger partial charge in [0.1, 0.15) is 0 Å². The molecule has 1 fully saturated rings. The topological polar surface area (TPSA) is 32.7 Å². The molecule has 4 rings (SSSR count). The van der Waals surface area contributed by atoms with Crippen molar-refractivity contribution in [2.24, 2.45) is 11.0 Å². The minimum Gasteiger partial charge on any atom is -0.272 e. The number of benzene rings is 2. The monoisotopic (exact) mass is 360 g/mol. The highest BCUT2D eigenvalue weighted by Crippen LogP contribution is 2.31. The van der Waals surface area contributed by atoms with Crippen LogP contribution >= 0.6 is 0 Å². The molecule has 1 amide bonds. The van der Waals surface area contributed by atoms with Crippen molar-refractivity contribution in [3.8, 4) is 0 Å². The number of hydrazone groups is 1. The second-order valence-corrected chi connectivity index (χ2v) is 8.07. The van der Waals surface area contributed by atoms with E-state index < -0.39 is 0 Å². The van der Waals surface area contributed by atoms with Crippen molar-refractivity contribution in [1.29, 1.82) is 0 Å². The fraction of sp³-hybridized carbons (Fsp3) is 0.417. The maximum Gasteiger partial charge on any atom is 0.252 e. The highest BCUT2D eigenvalue weighted by Gasteiger charge is 2.39. The van der Waals surface area contributed by atoms with Crippen LogP contribution in [0.2, 0.25) is 0 Å². The van der Waals surface area contributed by atoms with Gasteiger partial charge in [0.15, 0.2) is 0 Å². The molecule has 1 aliphatic heterocycles. The first kappa shape index (κ1) is 18.0. The van der Waals surface area contributed by atoms with Crippen molar-refractivity contribution in [3.05, 3.63) is 70.8 Å². The summed E-state index contributed by atoms with van der Waals surface area (Å²) in [4.78, 5) is 13.3. The Bertz CT molecular complexity index is 830. The normalized spacial score (nSPS) is 20.8. The lowest BCUT2D eigenvalue weighted by Gasteiger charge is -2.28. The molecule has 2 aromatic carbocycles. The summed E-state index contributed by atoms with van der Waals surface area (Å²) in [5, 5.41) is 6.71. The van der Waals surface area contributed by atoms with E-state index in [0.717, 1.165) is 30.5 Å². The van der Waals surface area contributed by atoms with E-state index in [-0.39, 0.29) is 17.9 Å². The van der Waals surface area contributed by atoms with Crippen LogP contribution in [0.4, 0.5) is 0 Å². The molecule has 3 nitrogen and oxygen atoms in total. The number of hydrogen-bond donors (Lipinski definition) is 0. The van der Waals surface area contributed by atoms with Crippen LogP contribution in [0.3, 0.4) is 0 Å². The number of nitrogens with zero attached hydrogens (tertiary/aromatic N) is 2. The van der Waals surface area contributed by atoms with Crippen molar-refractivity contribution in [1.82, 2.24) is 5.01 Å². The van der Waals surface area contributed by atoms with Crippen LogP contribution in [0.1, 0.15) is 54.4 Å². The molecular weight excluding hydrogens is 332 g/mol. The van der Waals surface area contributed by atoms with E-state index >= 15 is 0 Å². The van der Waals surface area contributed by atoms with Crippen molar-refractivity contribution in [2.45, 2.75) is 58.4 Å². The zero-order valence-corrected chi connectivity index (χ0v) is 16.3. The molecule has 140 valence electrons. The third-order valence-electron chi connectivity index (χ3n) is 5.90. The smallest absolute Gasteiger partial charge is 0.252 e. The van der Waals surface area contributed by atoms with Crippen LogP contribution in [0, 0.1) is 19.8 Å². The van der Waals surface area contributed by atoms with Gasteiger partial charge in [-0.15, -0.1) is 0 Å².